The van der Waals surface area contributed by atoms with Gasteiger partial charge in [0.1, 0.15) is 18.7 Å². The van der Waals surface area contributed by atoms with Crippen LogP contribution in [0.5, 0.6) is 0 Å². The number of thioether (sulfide) groups is 1. The van der Waals surface area contributed by atoms with Crippen molar-refractivity contribution in [3.05, 3.63) is 60.1 Å². The molecule has 2 aromatic rings. The van der Waals surface area contributed by atoms with Gasteiger partial charge >= 0.3 is 6.09 Å². The lowest BCUT2D eigenvalue weighted by Crippen LogP contribution is -2.54. The maximum atomic E-state index is 13.4. The van der Waals surface area contributed by atoms with Gasteiger partial charge in [-0.3, -0.25) is 14.4 Å². The third-order valence-electron chi connectivity index (χ3n) is 7.29. The lowest BCUT2D eigenvalue weighted by atomic mass is 9.91. The number of hydrogen-bond donors (Lipinski definition) is 5. The largest absolute Gasteiger partial charge is 0.472 e. The molecule has 5 atom stereocenters. The number of hydrogen-bond acceptors (Lipinski definition) is 8. The monoisotopic (exact) mass is 646 g/mol. The highest BCUT2D eigenvalue weighted by Crippen LogP contribution is 2.17. The van der Waals surface area contributed by atoms with Crippen molar-refractivity contribution in [1.29, 1.82) is 0 Å². The number of benzene rings is 1. The summed E-state index contributed by atoms with van der Waals surface area (Å²) < 4.78 is 10.2. The number of nitrogens with one attached hydrogen (secondary N) is 4. The Morgan fingerprint density at radius 1 is 0.889 bits per heavy atom. The molecule has 1 aromatic carbocycles. The van der Waals surface area contributed by atoms with Gasteiger partial charge < -0.3 is 35.5 Å². The molecular formula is C33H50N4O7S. The van der Waals surface area contributed by atoms with Crippen LogP contribution in [-0.2, 0) is 32.3 Å². The van der Waals surface area contributed by atoms with Gasteiger partial charge in [-0.05, 0) is 54.7 Å². The van der Waals surface area contributed by atoms with Crippen LogP contribution in [0, 0.1) is 17.8 Å². The summed E-state index contributed by atoms with van der Waals surface area (Å²) >= 11 is 1.54. The molecule has 45 heavy (non-hydrogen) atoms. The third kappa shape index (κ3) is 14.0. The number of rotatable bonds is 19. The Balaban J connectivity index is 2.00. The molecule has 0 saturated carbocycles. The summed E-state index contributed by atoms with van der Waals surface area (Å²) in [6.45, 7) is 9.69. The summed E-state index contributed by atoms with van der Waals surface area (Å²) in [5.41, 5.74) is 1.63. The Hall–Kier alpha value is -3.51. The van der Waals surface area contributed by atoms with E-state index in [1.807, 2.05) is 64.3 Å². The van der Waals surface area contributed by atoms with E-state index in [4.69, 9.17) is 9.15 Å². The van der Waals surface area contributed by atoms with Gasteiger partial charge in [-0.1, -0.05) is 65.0 Å². The normalized spacial score (nSPS) is 14.6. The molecule has 4 amide bonds. The minimum atomic E-state index is -1.05. The predicted octanol–water partition coefficient (Wildman–Crippen LogP) is 4.00. The van der Waals surface area contributed by atoms with Crippen molar-refractivity contribution in [2.75, 3.05) is 12.0 Å². The number of ether oxygens (including phenoxy) is 1. The average Bonchev–Trinajstić information content (AvgIpc) is 3.53. The van der Waals surface area contributed by atoms with Crippen LogP contribution in [0.15, 0.2) is 53.3 Å². The SMILES string of the molecule is CSCC[C@H](NC(=O)OCc1ccoc1)C(=O)N[C@@H](CC(C)C)[C@@H](O)C[C@@H](C)C(=O)N[C@H](C(=O)NCc1ccccc1)C(C)C. The van der Waals surface area contributed by atoms with E-state index in [0.29, 0.717) is 30.7 Å². The van der Waals surface area contributed by atoms with Crippen molar-refractivity contribution in [2.24, 2.45) is 17.8 Å². The number of carbonyl (C=O) groups excluding carboxylic acids is 4. The number of aliphatic hydroxyl groups is 1. The molecule has 0 aliphatic carbocycles. The zero-order valence-corrected chi connectivity index (χ0v) is 28.0. The second kappa shape index (κ2) is 19.8. The van der Waals surface area contributed by atoms with E-state index in [9.17, 15) is 24.3 Å². The molecule has 2 rings (SSSR count). The fourth-order valence-corrected chi connectivity index (χ4v) is 5.15. The summed E-state index contributed by atoms with van der Waals surface area (Å²) in [6.07, 6.45) is 3.94. The first-order chi connectivity index (χ1) is 21.4. The predicted molar refractivity (Wildman–Crippen MR) is 175 cm³/mol. The lowest BCUT2D eigenvalue weighted by molar-refractivity contribution is -0.132. The highest BCUT2D eigenvalue weighted by Gasteiger charge is 2.31. The van der Waals surface area contributed by atoms with Crippen molar-refractivity contribution in [3.8, 4) is 0 Å². The summed E-state index contributed by atoms with van der Waals surface area (Å²) in [5, 5.41) is 22.5. The molecule has 1 aromatic heterocycles. The first kappa shape index (κ1) is 37.7. The number of furan rings is 1. The minimum absolute atomic E-state index is 0.000192. The number of alkyl carbamates (subject to hydrolysis) is 1. The van der Waals surface area contributed by atoms with Crippen LogP contribution in [0.3, 0.4) is 0 Å². The van der Waals surface area contributed by atoms with Crippen LogP contribution in [0.2, 0.25) is 0 Å². The molecule has 250 valence electrons. The van der Waals surface area contributed by atoms with Gasteiger partial charge in [0.25, 0.3) is 0 Å². The maximum Gasteiger partial charge on any atom is 0.408 e. The van der Waals surface area contributed by atoms with E-state index in [0.717, 1.165) is 5.56 Å². The molecule has 0 radical (unpaired) electrons. The highest BCUT2D eigenvalue weighted by molar-refractivity contribution is 7.98. The first-order valence-electron chi connectivity index (χ1n) is 15.4. The number of aliphatic hydroxyl groups excluding tert-OH is 1. The summed E-state index contributed by atoms with van der Waals surface area (Å²) in [5.74, 6) is -1.15. The van der Waals surface area contributed by atoms with Gasteiger partial charge in [-0.25, -0.2) is 4.79 Å². The Bertz CT molecular complexity index is 1180. The van der Waals surface area contributed by atoms with Gasteiger partial charge in [0.15, 0.2) is 0 Å². The molecule has 0 aliphatic rings. The van der Waals surface area contributed by atoms with E-state index in [2.05, 4.69) is 21.3 Å². The first-order valence-corrected chi connectivity index (χ1v) is 16.8. The van der Waals surface area contributed by atoms with Crippen molar-refractivity contribution in [2.45, 2.75) is 91.3 Å². The molecule has 0 aliphatic heterocycles. The molecule has 0 spiro atoms. The van der Waals surface area contributed by atoms with Crippen LogP contribution in [0.25, 0.3) is 0 Å². The molecule has 11 nitrogen and oxygen atoms in total. The van der Waals surface area contributed by atoms with Crippen molar-refractivity contribution in [1.82, 2.24) is 21.3 Å². The van der Waals surface area contributed by atoms with Gasteiger partial charge in [0, 0.05) is 18.0 Å². The Labute approximate surface area is 271 Å². The van der Waals surface area contributed by atoms with Crippen LogP contribution in [0.1, 0.15) is 65.0 Å². The average molecular weight is 647 g/mol. The van der Waals surface area contributed by atoms with Gasteiger partial charge in [-0.15, -0.1) is 0 Å². The summed E-state index contributed by atoms with van der Waals surface area (Å²) in [4.78, 5) is 51.9. The Morgan fingerprint density at radius 2 is 1.60 bits per heavy atom. The topological polar surface area (TPSA) is 159 Å². The zero-order chi connectivity index (χ0) is 33.4. The van der Waals surface area contributed by atoms with Crippen molar-refractivity contribution < 1.29 is 33.4 Å². The number of amides is 4. The Morgan fingerprint density at radius 3 is 2.20 bits per heavy atom. The van der Waals surface area contributed by atoms with E-state index >= 15 is 0 Å². The molecule has 0 unspecified atom stereocenters. The van der Waals surface area contributed by atoms with Gasteiger partial charge in [-0.2, -0.15) is 11.8 Å². The quantitative estimate of drug-likeness (QED) is 0.153. The van der Waals surface area contributed by atoms with E-state index in [1.165, 1.54) is 24.3 Å². The molecule has 0 saturated heterocycles. The van der Waals surface area contributed by atoms with E-state index < -0.39 is 42.1 Å². The zero-order valence-electron chi connectivity index (χ0n) is 27.2. The molecule has 12 heteroatoms. The smallest absolute Gasteiger partial charge is 0.408 e. The lowest BCUT2D eigenvalue weighted by Gasteiger charge is -2.30. The van der Waals surface area contributed by atoms with Crippen LogP contribution >= 0.6 is 11.8 Å². The number of carbonyl (C=O) groups is 4. The molecule has 1 heterocycles. The Kier molecular flexibility index (Phi) is 16.6. The molecule has 0 bridgehead atoms. The second-order valence-corrected chi connectivity index (χ2v) is 13.1. The summed E-state index contributed by atoms with van der Waals surface area (Å²) in [7, 11) is 0. The van der Waals surface area contributed by atoms with Gasteiger partial charge in [0.2, 0.25) is 17.7 Å². The molecular weight excluding hydrogens is 596 g/mol. The highest BCUT2D eigenvalue weighted by atomic mass is 32.2. The van der Waals surface area contributed by atoms with E-state index in [1.54, 1.807) is 13.0 Å². The third-order valence-corrected chi connectivity index (χ3v) is 7.93. The standard InChI is InChI=1S/C33H50N4O7S/c1-21(2)16-27(35-31(40)26(13-15-45-6)36-33(42)44-20-25-12-14-43-19-25)28(38)17-23(5)30(39)37-29(22(3)4)32(41)34-18-24-10-8-7-9-11-24/h7-12,14,19,21-23,26-29,38H,13,15-18,20H2,1-6H3,(H,34,41)(H,35,40)(H,36,42)(H,37,39)/t23-,26+,27+,28+,29+/m1/s1. The molecule has 5 N–H and O–H groups in total. The minimum Gasteiger partial charge on any atom is -0.472 e. The van der Waals surface area contributed by atoms with Crippen molar-refractivity contribution in [3.63, 3.8) is 0 Å². The second-order valence-electron chi connectivity index (χ2n) is 12.1. The van der Waals surface area contributed by atoms with Crippen LogP contribution in [0.4, 0.5) is 4.79 Å². The fraction of sp³-hybridized carbons (Fsp3) is 0.576. The van der Waals surface area contributed by atoms with Crippen LogP contribution < -0.4 is 21.3 Å². The van der Waals surface area contributed by atoms with Crippen LogP contribution in [-0.4, -0.2) is 65.2 Å². The summed E-state index contributed by atoms with van der Waals surface area (Å²) in [6, 6.07) is 8.90. The van der Waals surface area contributed by atoms with Crippen molar-refractivity contribution >= 4 is 35.6 Å². The van der Waals surface area contributed by atoms with E-state index in [-0.39, 0.29) is 36.7 Å². The fourth-order valence-electron chi connectivity index (χ4n) is 4.67. The maximum absolute atomic E-state index is 13.4. The van der Waals surface area contributed by atoms with Gasteiger partial charge in [0.05, 0.1) is 24.7 Å². The molecule has 0 fully saturated rings.